The molecule has 2 aromatic carbocycles. The minimum absolute atomic E-state index is 0. The van der Waals surface area contributed by atoms with Gasteiger partial charge in [0.2, 0.25) is 0 Å². The summed E-state index contributed by atoms with van der Waals surface area (Å²) in [6, 6.07) is 22.6. The van der Waals surface area contributed by atoms with Crippen molar-refractivity contribution >= 4 is 45.3 Å². The molecule has 0 spiro atoms. The summed E-state index contributed by atoms with van der Waals surface area (Å²) in [6.07, 6.45) is 4.05. The van der Waals surface area contributed by atoms with Gasteiger partial charge in [-0.1, -0.05) is 0 Å². The average molecular weight is 733 g/mol. The maximum Gasteiger partial charge on any atom is -1.00 e. The van der Waals surface area contributed by atoms with Crippen LogP contribution in [0.15, 0.2) is 112 Å². The smallest absolute Gasteiger partial charge is 1.00 e. The molecule has 0 saturated heterocycles. The Kier molecular flexibility index (Phi) is 9.71. The normalized spacial score (nSPS) is 23.0. The first-order valence-corrected chi connectivity index (χ1v) is 19.0. The Labute approximate surface area is 298 Å². The molecule has 0 amide bonds. The summed E-state index contributed by atoms with van der Waals surface area (Å²) in [7, 11) is 0. The van der Waals surface area contributed by atoms with E-state index in [2.05, 4.69) is 102 Å². The van der Waals surface area contributed by atoms with Gasteiger partial charge in [0.1, 0.15) is 0 Å². The molecule has 2 unspecified atom stereocenters. The zero-order valence-corrected chi connectivity index (χ0v) is 31.9. The molecular formula is C39H38Cl2S2Zr. The van der Waals surface area contributed by atoms with Gasteiger partial charge in [-0.3, -0.25) is 0 Å². The predicted molar refractivity (Wildman–Crippen MR) is 182 cm³/mol. The van der Waals surface area contributed by atoms with Crippen LogP contribution in [0.2, 0.25) is 0 Å². The summed E-state index contributed by atoms with van der Waals surface area (Å²) in [4.78, 5) is 2.34. The molecule has 0 N–H and O–H groups in total. The van der Waals surface area contributed by atoms with Gasteiger partial charge < -0.3 is 24.8 Å². The number of allylic oxidation sites excluding steroid dienone is 12. The predicted octanol–water partition coefficient (Wildman–Crippen LogP) is 4.79. The van der Waals surface area contributed by atoms with Crippen LogP contribution in [0.4, 0.5) is 0 Å². The third kappa shape index (κ3) is 4.51. The zero-order chi connectivity index (χ0) is 29.5. The molecule has 4 aliphatic carbocycles. The van der Waals surface area contributed by atoms with E-state index in [-0.39, 0.29) is 30.2 Å². The van der Waals surface area contributed by atoms with Gasteiger partial charge in [0.25, 0.3) is 0 Å². The number of hydrogen-bond donors (Lipinski definition) is 0. The maximum absolute atomic E-state index is 6.45. The fourth-order valence-corrected chi connectivity index (χ4v) is 15.3. The van der Waals surface area contributed by atoms with Gasteiger partial charge in [-0.05, 0) is 0 Å². The summed E-state index contributed by atoms with van der Waals surface area (Å²) in [5.41, 5.74) is 17.6. The van der Waals surface area contributed by atoms with Crippen molar-refractivity contribution in [3.05, 3.63) is 123 Å². The van der Waals surface area contributed by atoms with E-state index >= 15 is 0 Å². The third-order valence-corrected chi connectivity index (χ3v) is 15.5. The van der Waals surface area contributed by atoms with E-state index in [0.717, 1.165) is 25.7 Å². The summed E-state index contributed by atoms with van der Waals surface area (Å²) < 4.78 is 3.42. The van der Waals surface area contributed by atoms with Crippen LogP contribution in [0, 0.1) is 17.3 Å². The van der Waals surface area contributed by atoms with E-state index in [1.54, 1.807) is 6.56 Å². The topological polar surface area (TPSA) is 0 Å². The number of halogens is 2. The Bertz CT molecular complexity index is 1650. The van der Waals surface area contributed by atoms with Crippen molar-refractivity contribution < 1.29 is 48.0 Å². The van der Waals surface area contributed by atoms with Crippen molar-refractivity contribution in [2.45, 2.75) is 67.2 Å². The summed E-state index contributed by atoms with van der Waals surface area (Å²) in [5.74, 6) is 0.634. The molecule has 0 aromatic heterocycles. The van der Waals surface area contributed by atoms with E-state index in [9.17, 15) is 0 Å². The zero-order valence-electron chi connectivity index (χ0n) is 26.3. The van der Waals surface area contributed by atoms with Crippen molar-refractivity contribution in [1.29, 1.82) is 0 Å². The van der Waals surface area contributed by atoms with Gasteiger partial charge in [0, 0.05) is 0 Å². The Morgan fingerprint density at radius 2 is 0.886 bits per heavy atom. The van der Waals surface area contributed by atoms with Crippen LogP contribution < -0.4 is 24.8 Å². The molecule has 0 radical (unpaired) electrons. The minimum atomic E-state index is -1.24. The molecular weight excluding hydrogens is 695 g/mol. The molecule has 0 saturated carbocycles. The first kappa shape index (κ1) is 33.9. The second kappa shape index (κ2) is 12.6. The standard InChI is InChI=1S/C39H38S2.2ClH.Zr/c1-7-23-21-29-31(25-17-13-11-14-18-25)35(27(9-3)33(29)37(23)40)39(5,6)36-28(10-4)34-30(22-24(8-2)38(34)41)32(36)26-19-15-12-16-20-26;;;/h11-20,29-30H,7-10H2,1-6H3;2*1H;/q;;;+2/p-2. The van der Waals surface area contributed by atoms with Crippen LogP contribution >= 0.6 is 24.4 Å². The number of hydrogen-bond acceptors (Lipinski definition) is 2. The number of rotatable bonds is 6. The SMILES string of the molecule is CCC1=[C]2[Zr+2][C]3=C(CC)C(=S)C4=C(CC)C(=C(c5ccccc5)C34)C(C)(C)C3=C(c4ccccc4)C2C(=C3CC)C1=S.[Cl-].[Cl-]. The summed E-state index contributed by atoms with van der Waals surface area (Å²) in [6.45, 7) is 14.4. The Hall–Kier alpha value is -1.48. The van der Waals surface area contributed by atoms with Gasteiger partial charge in [0.05, 0.1) is 0 Å². The van der Waals surface area contributed by atoms with Gasteiger partial charge in [-0.15, -0.1) is 0 Å². The van der Waals surface area contributed by atoms with E-state index in [0.29, 0.717) is 11.8 Å². The fraction of sp³-hybridized carbons (Fsp3) is 0.333. The minimum Gasteiger partial charge on any atom is -1.00 e. The average Bonchev–Trinajstić information content (AvgIpc) is 3.69. The molecule has 1 aliphatic heterocycles. The Morgan fingerprint density at radius 3 is 1.20 bits per heavy atom. The molecule has 7 rings (SSSR count). The Morgan fingerprint density at radius 1 is 0.545 bits per heavy atom. The molecule has 1 heterocycles. The van der Waals surface area contributed by atoms with Crippen LogP contribution in [0.3, 0.4) is 0 Å². The number of thiocarbonyl (C=S) groups is 2. The van der Waals surface area contributed by atoms with E-state index in [4.69, 9.17) is 24.4 Å². The largest absolute Gasteiger partial charge is 1.00 e. The van der Waals surface area contributed by atoms with Crippen molar-refractivity contribution in [2.24, 2.45) is 17.3 Å². The van der Waals surface area contributed by atoms with Gasteiger partial charge in [-0.2, -0.15) is 0 Å². The van der Waals surface area contributed by atoms with Crippen LogP contribution in [0.25, 0.3) is 11.1 Å². The van der Waals surface area contributed by atoms with Crippen LogP contribution in [0.1, 0.15) is 78.4 Å². The molecule has 5 heteroatoms. The van der Waals surface area contributed by atoms with Crippen LogP contribution in [-0.2, 0) is 23.2 Å². The molecule has 0 fully saturated rings. The van der Waals surface area contributed by atoms with E-state index in [1.165, 1.54) is 76.6 Å². The first-order valence-electron chi connectivity index (χ1n) is 15.7. The van der Waals surface area contributed by atoms with Crippen LogP contribution in [0.5, 0.6) is 0 Å². The maximum atomic E-state index is 6.45. The monoisotopic (exact) mass is 730 g/mol. The van der Waals surface area contributed by atoms with Gasteiger partial charge in [0.15, 0.2) is 0 Å². The summed E-state index contributed by atoms with van der Waals surface area (Å²) >= 11 is 11.7. The fourth-order valence-electron chi connectivity index (χ4n) is 8.84. The molecule has 2 atom stereocenters. The molecule has 44 heavy (non-hydrogen) atoms. The Balaban J connectivity index is 0.00000192. The second-order valence-corrected chi connectivity index (χ2v) is 16.6. The van der Waals surface area contributed by atoms with E-state index in [1.807, 2.05) is 0 Å². The van der Waals surface area contributed by atoms with Gasteiger partial charge in [-0.25, -0.2) is 0 Å². The second-order valence-electron chi connectivity index (χ2n) is 12.6. The van der Waals surface area contributed by atoms with Gasteiger partial charge >= 0.3 is 276 Å². The third-order valence-electron chi connectivity index (χ3n) is 10.3. The first-order chi connectivity index (χ1) is 20.3. The quantitative estimate of drug-likeness (QED) is 0.393. The molecule has 5 aliphatic rings. The van der Waals surface area contributed by atoms with Crippen molar-refractivity contribution in [3.63, 3.8) is 0 Å². The number of benzene rings is 2. The van der Waals surface area contributed by atoms with Crippen molar-refractivity contribution in [1.82, 2.24) is 0 Å². The van der Waals surface area contributed by atoms with E-state index < -0.39 is 23.2 Å². The van der Waals surface area contributed by atoms with Crippen LogP contribution in [-0.4, -0.2) is 9.73 Å². The van der Waals surface area contributed by atoms with Crippen molar-refractivity contribution in [2.75, 3.05) is 0 Å². The summed E-state index contributed by atoms with van der Waals surface area (Å²) in [5, 5.41) is 0. The molecule has 4 bridgehead atoms. The molecule has 2 aromatic rings. The molecule has 0 nitrogen and oxygen atoms in total. The molecule has 224 valence electrons. The van der Waals surface area contributed by atoms with Crippen molar-refractivity contribution in [3.8, 4) is 0 Å².